The van der Waals surface area contributed by atoms with E-state index in [1.54, 1.807) is 23.6 Å². The molecule has 2 aliphatic rings. The van der Waals surface area contributed by atoms with Crippen LogP contribution in [0.1, 0.15) is 5.69 Å². The van der Waals surface area contributed by atoms with Gasteiger partial charge in [-0.05, 0) is 23.8 Å². The van der Waals surface area contributed by atoms with Gasteiger partial charge >= 0.3 is 29.6 Å². The van der Waals surface area contributed by atoms with Crippen LogP contribution in [0.2, 0.25) is 0 Å². The van der Waals surface area contributed by atoms with E-state index < -0.39 is 44.4 Å². The van der Waals surface area contributed by atoms with E-state index in [0.717, 1.165) is 12.2 Å². The minimum atomic E-state index is -3.95. The second-order valence-electron chi connectivity index (χ2n) is 5.69. The summed E-state index contributed by atoms with van der Waals surface area (Å²) >= 11 is 0. The molecule has 10 nitrogen and oxygen atoms in total. The summed E-state index contributed by atoms with van der Waals surface area (Å²) in [7, 11) is -3.95. The van der Waals surface area contributed by atoms with Crippen molar-refractivity contribution in [3.63, 3.8) is 0 Å². The normalized spacial score (nSPS) is 21.8. The molecule has 1 saturated heterocycles. The minimum absolute atomic E-state index is 0. The van der Waals surface area contributed by atoms with Crippen LogP contribution in [0.4, 0.5) is 0 Å². The maximum Gasteiger partial charge on any atom is 1.00 e. The number of hydrogen-bond donors (Lipinski definition) is 2. The van der Waals surface area contributed by atoms with Crippen LogP contribution in [0.15, 0.2) is 53.4 Å². The van der Waals surface area contributed by atoms with Crippen LogP contribution in [0, 0.1) is 0 Å². The number of β-lactam (4-membered cyclic amide) rings is 1. The van der Waals surface area contributed by atoms with E-state index in [2.05, 4.69) is 4.98 Å². The van der Waals surface area contributed by atoms with Gasteiger partial charge in [-0.1, -0.05) is 12.1 Å². The zero-order chi connectivity index (χ0) is 19.8. The molecule has 3 heterocycles. The van der Waals surface area contributed by atoms with E-state index >= 15 is 0 Å². The largest absolute Gasteiger partial charge is 1.00 e. The number of nitrogens with two attached hydrogens (primary N) is 1. The number of hydrogen-bond acceptors (Lipinski definition) is 8. The van der Waals surface area contributed by atoms with Crippen molar-refractivity contribution < 1.29 is 57.5 Å². The van der Waals surface area contributed by atoms with Crippen molar-refractivity contribution in [2.75, 3.05) is 5.75 Å². The van der Waals surface area contributed by atoms with Gasteiger partial charge in [0.15, 0.2) is 15.2 Å². The zero-order valence-electron chi connectivity index (χ0n) is 14.7. The van der Waals surface area contributed by atoms with Crippen molar-refractivity contribution in [1.29, 1.82) is 0 Å². The van der Waals surface area contributed by atoms with Gasteiger partial charge in [0, 0.05) is 12.3 Å². The van der Waals surface area contributed by atoms with Gasteiger partial charge in [-0.15, -0.1) is 0 Å². The third-order valence-corrected chi connectivity index (χ3v) is 5.83. The SMILES string of the molecule is NNC(=O)/C=C/C1=C(C(=O)[O-])N2C(=O)/C(=C/c3ccccn3)[C@H]2S(=O)(=O)C1.[Na+]. The number of sulfone groups is 1. The number of allylic oxidation sites excluding steroid dienone is 1. The van der Waals surface area contributed by atoms with E-state index in [9.17, 15) is 27.9 Å². The van der Waals surface area contributed by atoms with E-state index in [4.69, 9.17) is 5.84 Å². The average molecular weight is 412 g/mol. The molecule has 3 rings (SSSR count). The van der Waals surface area contributed by atoms with Gasteiger partial charge in [0.25, 0.3) is 11.8 Å². The standard InChI is InChI=1S/C16H14N4O6S.Na/c17-19-12(21)5-4-9-8-27(25,26)15-11(7-10-3-1-2-6-18-10)14(22)20(15)13(9)16(23)24;/h1-7,15H,8,17H2,(H,19,21)(H,23,24);/q;+1/p-1/b5-4+,11-7-;/t15-;/m1./s1. The van der Waals surface area contributed by atoms with E-state index in [0.29, 0.717) is 10.6 Å². The van der Waals surface area contributed by atoms with Crippen molar-refractivity contribution in [1.82, 2.24) is 15.3 Å². The summed E-state index contributed by atoms with van der Waals surface area (Å²) in [5, 5.41) is 10.1. The van der Waals surface area contributed by atoms with Crippen LogP contribution in [0.5, 0.6) is 0 Å². The topological polar surface area (TPSA) is 163 Å². The molecule has 3 N–H and O–H groups in total. The quantitative estimate of drug-likeness (QED) is 0.124. The minimum Gasteiger partial charge on any atom is -0.543 e. The Bertz CT molecular complexity index is 1030. The van der Waals surface area contributed by atoms with Gasteiger partial charge in [0.05, 0.1) is 28.7 Å². The summed E-state index contributed by atoms with van der Waals surface area (Å²) < 4.78 is 25.2. The van der Waals surface area contributed by atoms with Crippen LogP contribution >= 0.6 is 0 Å². The molecule has 0 spiro atoms. The molecule has 1 aromatic heterocycles. The molecule has 140 valence electrons. The monoisotopic (exact) mass is 412 g/mol. The van der Waals surface area contributed by atoms with Crippen molar-refractivity contribution in [3.05, 3.63) is 59.1 Å². The maximum atomic E-state index is 12.6. The number of nitrogens with zero attached hydrogens (tertiary/aromatic N) is 2. The fraction of sp³-hybridized carbons (Fsp3) is 0.125. The molecule has 2 amide bonds. The molecule has 2 aliphatic heterocycles. The third-order valence-electron chi connectivity index (χ3n) is 3.97. The van der Waals surface area contributed by atoms with Crippen LogP contribution in [0.3, 0.4) is 0 Å². The Balaban J connectivity index is 0.00000280. The number of fused-ring (bicyclic) bond motifs is 1. The number of carbonyl (C=O) groups excluding carboxylic acids is 3. The third kappa shape index (κ3) is 3.93. The Morgan fingerprint density at radius 2 is 2.07 bits per heavy atom. The van der Waals surface area contributed by atoms with Crippen LogP contribution in [-0.2, 0) is 24.2 Å². The molecule has 0 aromatic carbocycles. The number of carboxylic acid groups (broad SMARTS) is 1. The van der Waals surface area contributed by atoms with Gasteiger partial charge in [-0.25, -0.2) is 14.3 Å². The molecule has 0 radical (unpaired) electrons. The van der Waals surface area contributed by atoms with Crippen LogP contribution < -0.4 is 45.9 Å². The molecule has 28 heavy (non-hydrogen) atoms. The fourth-order valence-electron chi connectivity index (χ4n) is 2.85. The Morgan fingerprint density at radius 1 is 1.36 bits per heavy atom. The number of carboxylic acids is 1. The van der Waals surface area contributed by atoms with Gasteiger partial charge < -0.3 is 9.90 Å². The second kappa shape index (κ2) is 8.37. The molecular weight excluding hydrogens is 399 g/mol. The average Bonchev–Trinajstić information content (AvgIpc) is 2.63. The van der Waals surface area contributed by atoms with E-state index in [-0.39, 0.29) is 40.7 Å². The summed E-state index contributed by atoms with van der Waals surface area (Å²) in [6, 6.07) is 4.89. The molecule has 0 aliphatic carbocycles. The molecular formula is C16H13N4NaO6S. The van der Waals surface area contributed by atoms with Crippen molar-refractivity contribution in [3.8, 4) is 0 Å². The van der Waals surface area contributed by atoms with Gasteiger partial charge in [-0.3, -0.25) is 24.9 Å². The van der Waals surface area contributed by atoms with E-state index in [1.165, 1.54) is 12.3 Å². The van der Waals surface area contributed by atoms with Gasteiger partial charge in [-0.2, -0.15) is 0 Å². The molecule has 1 aromatic rings. The van der Waals surface area contributed by atoms with Gasteiger partial charge in [0.1, 0.15) is 0 Å². The predicted molar refractivity (Wildman–Crippen MR) is 90.1 cm³/mol. The summed E-state index contributed by atoms with van der Waals surface area (Å²) in [6.07, 6.45) is 4.62. The first kappa shape index (κ1) is 22.0. The first-order valence-electron chi connectivity index (χ1n) is 7.57. The summed E-state index contributed by atoms with van der Waals surface area (Å²) in [4.78, 5) is 39.9. The molecule has 12 heteroatoms. The number of aliphatic carboxylic acids is 1. The molecule has 0 saturated carbocycles. The Morgan fingerprint density at radius 3 is 2.64 bits per heavy atom. The summed E-state index contributed by atoms with van der Waals surface area (Å²) in [5.74, 6) is 0.945. The van der Waals surface area contributed by atoms with Crippen molar-refractivity contribution >= 4 is 33.7 Å². The van der Waals surface area contributed by atoms with Crippen LogP contribution in [0.25, 0.3) is 6.08 Å². The van der Waals surface area contributed by atoms with Crippen molar-refractivity contribution in [2.45, 2.75) is 5.37 Å². The first-order chi connectivity index (χ1) is 12.8. The number of pyridine rings is 1. The van der Waals surface area contributed by atoms with E-state index in [1.807, 2.05) is 0 Å². The number of hydrazine groups is 1. The Labute approximate surface area is 182 Å². The number of nitrogens with one attached hydrogen (secondary N) is 1. The zero-order valence-corrected chi connectivity index (χ0v) is 17.5. The number of rotatable bonds is 4. The second-order valence-corrected chi connectivity index (χ2v) is 7.75. The maximum absolute atomic E-state index is 12.6. The fourth-order valence-corrected chi connectivity index (χ4v) is 4.75. The predicted octanol–water partition coefficient (Wildman–Crippen LogP) is -5.38. The molecule has 1 fully saturated rings. The number of aromatic nitrogens is 1. The van der Waals surface area contributed by atoms with Crippen molar-refractivity contribution in [2.24, 2.45) is 5.84 Å². The smallest absolute Gasteiger partial charge is 0.543 e. The molecule has 1 atom stereocenters. The summed E-state index contributed by atoms with van der Waals surface area (Å²) in [5.41, 5.74) is 1.21. The first-order valence-corrected chi connectivity index (χ1v) is 9.28. The number of carbonyl (C=O) groups is 3. The van der Waals surface area contributed by atoms with Gasteiger partial charge in [0.2, 0.25) is 0 Å². The Kier molecular flexibility index (Phi) is 6.57. The summed E-state index contributed by atoms with van der Waals surface area (Å²) in [6.45, 7) is 0. The Hall–Kier alpha value is -2.31. The molecule has 0 bridgehead atoms. The number of amides is 2. The molecule has 0 unspecified atom stereocenters. The van der Waals surface area contributed by atoms with Crippen LogP contribution in [-0.4, -0.2) is 47.2 Å².